The number of amides is 2. The van der Waals surface area contributed by atoms with Crippen LogP contribution in [-0.2, 0) is 4.79 Å². The monoisotopic (exact) mass is 282 g/mol. The second-order valence-electron chi connectivity index (χ2n) is 5.11. The minimum Gasteiger partial charge on any atom is -0.481 e. The highest BCUT2D eigenvalue weighted by Gasteiger charge is 2.39. The van der Waals surface area contributed by atoms with Crippen molar-refractivity contribution in [1.82, 2.24) is 9.80 Å². The summed E-state index contributed by atoms with van der Waals surface area (Å²) in [5, 5.41) is 9.02. The quantitative estimate of drug-likeness (QED) is 0.840. The van der Waals surface area contributed by atoms with E-state index in [0.29, 0.717) is 4.90 Å². The van der Waals surface area contributed by atoms with Crippen LogP contribution in [0.1, 0.15) is 19.8 Å². The number of hydrogen-bond acceptors (Lipinski definition) is 2. The SMILES string of the molecule is CN(CC(F)(F)F)C(=O)N1CCC(C)(C(=O)O)CC1. The normalized spacial score (nSPS) is 19.1. The third-order valence-electron chi connectivity index (χ3n) is 3.40. The van der Waals surface area contributed by atoms with E-state index in [1.54, 1.807) is 6.92 Å². The number of carboxylic acids is 1. The van der Waals surface area contributed by atoms with Gasteiger partial charge >= 0.3 is 18.2 Å². The molecule has 0 aromatic rings. The number of nitrogens with zero attached hydrogens (tertiary/aromatic N) is 2. The van der Waals surface area contributed by atoms with Crippen molar-refractivity contribution in [3.8, 4) is 0 Å². The number of piperidine rings is 1. The van der Waals surface area contributed by atoms with Gasteiger partial charge in [-0.15, -0.1) is 0 Å². The van der Waals surface area contributed by atoms with E-state index in [9.17, 15) is 22.8 Å². The van der Waals surface area contributed by atoms with Gasteiger partial charge < -0.3 is 14.9 Å². The molecule has 110 valence electrons. The number of carbonyl (C=O) groups excluding carboxylic acids is 1. The Balaban J connectivity index is 2.56. The molecule has 1 aliphatic rings. The van der Waals surface area contributed by atoms with E-state index in [-0.39, 0.29) is 25.9 Å². The highest BCUT2D eigenvalue weighted by Crippen LogP contribution is 2.31. The fourth-order valence-electron chi connectivity index (χ4n) is 1.98. The lowest BCUT2D eigenvalue weighted by Crippen LogP contribution is -2.50. The molecular weight excluding hydrogens is 265 g/mol. The molecule has 1 saturated heterocycles. The second-order valence-corrected chi connectivity index (χ2v) is 5.11. The van der Waals surface area contributed by atoms with Crippen molar-refractivity contribution >= 4 is 12.0 Å². The van der Waals surface area contributed by atoms with Gasteiger partial charge in [-0.3, -0.25) is 4.79 Å². The maximum absolute atomic E-state index is 12.2. The van der Waals surface area contributed by atoms with Crippen molar-refractivity contribution < 1.29 is 27.9 Å². The third kappa shape index (κ3) is 4.00. The first kappa shape index (κ1) is 15.6. The molecule has 0 aliphatic carbocycles. The molecule has 0 aromatic carbocycles. The predicted molar refractivity (Wildman–Crippen MR) is 60.6 cm³/mol. The van der Waals surface area contributed by atoms with E-state index in [2.05, 4.69) is 0 Å². The minimum absolute atomic E-state index is 0.157. The van der Waals surface area contributed by atoms with E-state index < -0.39 is 30.1 Å². The van der Waals surface area contributed by atoms with Gasteiger partial charge in [0.25, 0.3) is 0 Å². The van der Waals surface area contributed by atoms with Crippen molar-refractivity contribution in [3.05, 3.63) is 0 Å². The Labute approximate surface area is 109 Å². The minimum atomic E-state index is -4.43. The number of hydrogen-bond donors (Lipinski definition) is 1. The lowest BCUT2D eigenvalue weighted by atomic mass is 9.80. The number of aliphatic carboxylic acids is 1. The number of carboxylic acid groups (broad SMARTS) is 1. The van der Waals surface area contributed by atoms with Gasteiger partial charge in [-0.25, -0.2) is 4.79 Å². The number of alkyl halides is 3. The molecule has 0 unspecified atom stereocenters. The Bertz CT molecular complexity index is 363. The van der Waals surface area contributed by atoms with Crippen molar-refractivity contribution in [2.24, 2.45) is 5.41 Å². The summed E-state index contributed by atoms with van der Waals surface area (Å²) >= 11 is 0. The fraction of sp³-hybridized carbons (Fsp3) is 0.818. The number of rotatable bonds is 2. The summed E-state index contributed by atoms with van der Waals surface area (Å²) in [6.45, 7) is 0.586. The molecule has 1 heterocycles. The van der Waals surface area contributed by atoms with E-state index in [0.717, 1.165) is 7.05 Å². The molecule has 0 spiro atoms. The van der Waals surface area contributed by atoms with Gasteiger partial charge in [-0.2, -0.15) is 13.2 Å². The number of halogens is 3. The molecule has 8 heteroatoms. The molecule has 0 atom stereocenters. The van der Waals surface area contributed by atoms with Gasteiger partial charge in [0, 0.05) is 20.1 Å². The lowest BCUT2D eigenvalue weighted by Gasteiger charge is -2.38. The number of urea groups is 1. The Hall–Kier alpha value is -1.47. The van der Waals surface area contributed by atoms with Crippen LogP contribution in [0.4, 0.5) is 18.0 Å². The summed E-state index contributed by atoms with van der Waals surface area (Å²) < 4.78 is 36.5. The van der Waals surface area contributed by atoms with E-state index in [1.165, 1.54) is 4.90 Å². The van der Waals surface area contributed by atoms with Gasteiger partial charge in [0.15, 0.2) is 0 Å². The van der Waals surface area contributed by atoms with Gasteiger partial charge in [-0.1, -0.05) is 0 Å². The van der Waals surface area contributed by atoms with Crippen LogP contribution >= 0.6 is 0 Å². The topological polar surface area (TPSA) is 60.9 Å². The molecule has 19 heavy (non-hydrogen) atoms. The van der Waals surface area contributed by atoms with Crippen molar-refractivity contribution in [2.45, 2.75) is 25.9 Å². The first-order chi connectivity index (χ1) is 8.55. The highest BCUT2D eigenvalue weighted by molar-refractivity contribution is 5.77. The molecular formula is C11H17F3N2O3. The Morgan fingerprint density at radius 1 is 1.32 bits per heavy atom. The molecule has 0 radical (unpaired) electrons. The first-order valence-electron chi connectivity index (χ1n) is 5.85. The maximum atomic E-state index is 12.2. The van der Waals surface area contributed by atoms with Crippen LogP contribution in [0.2, 0.25) is 0 Å². The Morgan fingerprint density at radius 3 is 2.16 bits per heavy atom. The van der Waals surface area contributed by atoms with Crippen LogP contribution < -0.4 is 0 Å². The largest absolute Gasteiger partial charge is 0.481 e. The molecule has 1 rings (SSSR count). The summed E-state index contributed by atoms with van der Waals surface area (Å²) in [5.74, 6) is -0.941. The number of likely N-dealkylation sites (tertiary alicyclic amines) is 1. The van der Waals surface area contributed by atoms with Crippen LogP contribution in [0.3, 0.4) is 0 Å². The highest BCUT2D eigenvalue weighted by atomic mass is 19.4. The zero-order chi connectivity index (χ0) is 14.8. The molecule has 1 aliphatic heterocycles. The summed E-state index contributed by atoms with van der Waals surface area (Å²) in [7, 11) is 1.08. The summed E-state index contributed by atoms with van der Waals surface area (Å²) in [5.41, 5.74) is -0.903. The Kier molecular flexibility index (Phi) is 4.32. The van der Waals surface area contributed by atoms with Gasteiger partial charge in [-0.05, 0) is 19.8 Å². The van der Waals surface area contributed by atoms with Gasteiger partial charge in [0.2, 0.25) is 0 Å². The molecule has 1 N–H and O–H groups in total. The van der Waals surface area contributed by atoms with E-state index >= 15 is 0 Å². The summed E-state index contributed by atoms with van der Waals surface area (Å²) in [4.78, 5) is 24.6. The predicted octanol–water partition coefficient (Wildman–Crippen LogP) is 1.79. The third-order valence-corrected chi connectivity index (χ3v) is 3.40. The van der Waals surface area contributed by atoms with Crippen LogP contribution in [-0.4, -0.2) is 59.8 Å². The van der Waals surface area contributed by atoms with Crippen LogP contribution in [0, 0.1) is 5.41 Å². The summed E-state index contributed by atoms with van der Waals surface area (Å²) in [6, 6.07) is -0.718. The molecule has 1 fully saturated rings. The van der Waals surface area contributed by atoms with Crippen molar-refractivity contribution in [1.29, 1.82) is 0 Å². The van der Waals surface area contributed by atoms with Gasteiger partial charge in [0.1, 0.15) is 6.54 Å². The zero-order valence-electron chi connectivity index (χ0n) is 10.8. The second kappa shape index (κ2) is 5.26. The first-order valence-corrected chi connectivity index (χ1v) is 5.85. The fourth-order valence-corrected chi connectivity index (χ4v) is 1.98. The molecule has 0 bridgehead atoms. The average molecular weight is 282 g/mol. The average Bonchev–Trinajstić information content (AvgIpc) is 2.26. The molecule has 2 amide bonds. The lowest BCUT2D eigenvalue weighted by molar-refractivity contribution is -0.150. The van der Waals surface area contributed by atoms with E-state index in [1.807, 2.05) is 0 Å². The van der Waals surface area contributed by atoms with Crippen LogP contribution in [0.5, 0.6) is 0 Å². The van der Waals surface area contributed by atoms with Gasteiger partial charge in [0.05, 0.1) is 5.41 Å². The van der Waals surface area contributed by atoms with Crippen molar-refractivity contribution in [2.75, 3.05) is 26.7 Å². The number of carbonyl (C=O) groups is 2. The van der Waals surface area contributed by atoms with Crippen molar-refractivity contribution in [3.63, 3.8) is 0 Å². The van der Waals surface area contributed by atoms with Crippen LogP contribution in [0.15, 0.2) is 0 Å². The smallest absolute Gasteiger partial charge is 0.406 e. The molecule has 0 saturated carbocycles. The Morgan fingerprint density at radius 2 is 1.79 bits per heavy atom. The molecule has 0 aromatic heterocycles. The van der Waals surface area contributed by atoms with Crippen LogP contribution in [0.25, 0.3) is 0 Å². The summed E-state index contributed by atoms with van der Waals surface area (Å²) in [6.07, 6.45) is -3.95. The molecule has 5 nitrogen and oxygen atoms in total. The maximum Gasteiger partial charge on any atom is 0.406 e. The standard InChI is InChI=1S/C11H17F3N2O3/c1-10(8(17)18)3-5-16(6-4-10)9(19)15(2)7-11(12,13)14/h3-7H2,1-2H3,(H,17,18). The van der Waals surface area contributed by atoms with E-state index in [4.69, 9.17) is 5.11 Å². The zero-order valence-corrected chi connectivity index (χ0v) is 10.8.